The molecule has 0 saturated heterocycles. The van der Waals surface area contributed by atoms with Gasteiger partial charge in [-0.15, -0.1) is 6.42 Å². The predicted molar refractivity (Wildman–Crippen MR) is 138 cm³/mol. The lowest BCUT2D eigenvalue weighted by atomic mass is 10.1. The van der Waals surface area contributed by atoms with Crippen LogP contribution in [-0.2, 0) is 18.6 Å². The summed E-state index contributed by atoms with van der Waals surface area (Å²) in [7, 11) is -2.85. The Bertz CT molecular complexity index is 1050. The Hall–Kier alpha value is -1.61. The van der Waals surface area contributed by atoms with Crippen molar-refractivity contribution in [3.8, 4) is 12.3 Å². The van der Waals surface area contributed by atoms with Gasteiger partial charge in [-0.2, -0.15) is 74.6 Å². The third-order valence-corrected chi connectivity index (χ3v) is 11.5. The maximum atomic E-state index is 14.8. The molecule has 0 amide bonds. The van der Waals surface area contributed by atoms with Gasteiger partial charge in [0.25, 0.3) is 0 Å². The third kappa shape index (κ3) is 12.2. The van der Waals surface area contributed by atoms with Crippen molar-refractivity contribution in [2.24, 2.45) is 0 Å². The highest BCUT2D eigenvalue weighted by Crippen LogP contribution is 2.56. The second-order valence-electron chi connectivity index (χ2n) is 11.2. The first-order valence-electron chi connectivity index (χ1n) is 14.3. The summed E-state index contributed by atoms with van der Waals surface area (Å²) in [5.74, 6) is -19.9. The summed E-state index contributed by atoms with van der Waals surface area (Å²) < 4.78 is 241. The van der Waals surface area contributed by atoms with Crippen LogP contribution in [0.1, 0.15) is 59.3 Å². The molecule has 0 aromatic carbocycles. The zero-order valence-corrected chi connectivity index (χ0v) is 27.1. The van der Waals surface area contributed by atoms with Crippen molar-refractivity contribution in [2.75, 3.05) is 19.8 Å². The Morgan fingerprint density at radius 2 is 1.10 bits per heavy atom. The van der Waals surface area contributed by atoms with Gasteiger partial charge in [0.05, 0.1) is 0 Å². The lowest BCUT2D eigenvalue weighted by molar-refractivity contribution is -0.553. The lowest BCUT2D eigenvalue weighted by Gasteiger charge is -2.40. The van der Waals surface area contributed by atoms with Gasteiger partial charge in [0.2, 0.25) is 0 Å². The minimum Gasteiger partial charge on any atom is -0.417 e. The highest BCUT2D eigenvalue weighted by molar-refractivity contribution is 6.73. The van der Waals surface area contributed by atoms with Crippen LogP contribution in [-0.4, -0.2) is 87.2 Å². The maximum absolute atomic E-state index is 14.8. The smallest absolute Gasteiger partial charge is 0.417 e. The molecule has 0 heterocycles. The Morgan fingerprint density at radius 1 is 0.633 bits per heavy atom. The van der Waals surface area contributed by atoms with E-state index in [2.05, 4.69) is 15.4 Å². The number of rotatable bonds is 22. The molecular formula is C26H35F17O5Si. The topological polar surface area (TPSA) is 57.2 Å². The number of hydrogen-bond donors (Lipinski definition) is 1. The van der Waals surface area contributed by atoms with Gasteiger partial charge in [-0.1, -0.05) is 45.5 Å². The van der Waals surface area contributed by atoms with E-state index in [-0.39, 0.29) is 25.5 Å². The molecule has 3 atom stereocenters. The van der Waals surface area contributed by atoms with Crippen LogP contribution in [0.15, 0.2) is 0 Å². The normalized spacial score (nSPS) is 18.0. The van der Waals surface area contributed by atoms with E-state index in [0.717, 1.165) is 0 Å². The average molecular weight is 779 g/mol. The molecule has 0 aromatic heterocycles. The van der Waals surface area contributed by atoms with E-state index in [4.69, 9.17) is 10.8 Å². The van der Waals surface area contributed by atoms with E-state index in [0.29, 0.717) is 37.8 Å². The van der Waals surface area contributed by atoms with Crippen LogP contribution in [0.5, 0.6) is 0 Å². The highest BCUT2D eigenvalue weighted by atomic mass is 28.4. The molecule has 292 valence electrons. The molecule has 0 aliphatic rings. The molecule has 0 saturated carbocycles. The van der Waals surface area contributed by atoms with Gasteiger partial charge in [0, 0.05) is 19.6 Å². The number of ether oxygens (including phenoxy) is 3. The van der Waals surface area contributed by atoms with Crippen molar-refractivity contribution >= 4 is 8.32 Å². The highest BCUT2D eigenvalue weighted by Gasteiger charge is 2.85. The van der Waals surface area contributed by atoms with Crippen LogP contribution in [0.4, 0.5) is 74.6 Å². The van der Waals surface area contributed by atoms with E-state index in [9.17, 15) is 79.7 Å². The second kappa shape index (κ2) is 16.8. The number of unbranched alkanes of at least 4 members (excludes halogenated alkanes) is 2. The van der Waals surface area contributed by atoms with Gasteiger partial charge in [-0.05, 0) is 31.5 Å². The van der Waals surface area contributed by atoms with Gasteiger partial charge < -0.3 is 14.3 Å². The molecule has 0 fully saturated rings. The van der Waals surface area contributed by atoms with Gasteiger partial charge >= 0.3 is 48.4 Å². The van der Waals surface area contributed by atoms with Crippen molar-refractivity contribution in [1.29, 1.82) is 0 Å². The molecule has 0 aromatic rings. The molecule has 49 heavy (non-hydrogen) atoms. The molecule has 0 aliphatic heterocycles. The van der Waals surface area contributed by atoms with Crippen molar-refractivity contribution in [3.63, 3.8) is 0 Å². The van der Waals surface area contributed by atoms with Crippen molar-refractivity contribution in [3.05, 3.63) is 0 Å². The summed E-state index contributed by atoms with van der Waals surface area (Å²) in [6.45, 7) is 1.07. The minimum absolute atomic E-state index is 0.0357. The number of alkyl halides is 17. The fraction of sp³-hybridized carbons (Fsp3) is 0.923. The standard InChI is InChI=1S/C26H35F17O5Si/c1-5-8-14-49(15-9-6-2,46-13-11-18(4,44)7-3)16-10-12-45-17-19(27,22(31,32)33)47-26(42,43)21(30,24(37,38)39)48-25(40,41)20(28,29)23(34,35)36/h3,44H,5-6,8-17H2,1-2,4H3. The number of aliphatic hydroxyl groups is 1. The van der Waals surface area contributed by atoms with Crippen molar-refractivity contribution in [1.82, 2.24) is 0 Å². The first kappa shape index (κ1) is 47.4. The lowest BCUT2D eigenvalue weighted by Crippen LogP contribution is -2.67. The summed E-state index contributed by atoms with van der Waals surface area (Å²) in [6.07, 6.45) is -30.6. The maximum Gasteiger partial charge on any atom is 0.462 e. The Kier molecular flexibility index (Phi) is 16.3. The fourth-order valence-electron chi connectivity index (χ4n) is 3.95. The fourth-order valence-corrected chi connectivity index (χ4v) is 8.46. The molecule has 23 heteroatoms. The molecule has 0 rings (SSSR count). The quantitative estimate of drug-likeness (QED) is 0.0514. The minimum atomic E-state index is -7.94. The molecule has 3 unspecified atom stereocenters. The summed E-state index contributed by atoms with van der Waals surface area (Å²) in [6, 6.07) is 0.965. The molecule has 0 radical (unpaired) electrons. The number of terminal acetylenes is 1. The Morgan fingerprint density at radius 3 is 1.49 bits per heavy atom. The van der Waals surface area contributed by atoms with Crippen molar-refractivity contribution in [2.45, 2.75) is 131 Å². The first-order valence-corrected chi connectivity index (χ1v) is 16.8. The largest absolute Gasteiger partial charge is 0.462 e. The van der Waals surface area contributed by atoms with Crippen LogP contribution >= 0.6 is 0 Å². The van der Waals surface area contributed by atoms with Gasteiger partial charge in [-0.3, -0.25) is 9.47 Å². The van der Waals surface area contributed by atoms with E-state index in [1.807, 2.05) is 13.8 Å². The van der Waals surface area contributed by atoms with Crippen LogP contribution in [0.25, 0.3) is 0 Å². The van der Waals surface area contributed by atoms with Crippen LogP contribution in [0, 0.1) is 12.3 Å². The monoisotopic (exact) mass is 778 g/mol. The molecule has 0 aliphatic carbocycles. The van der Waals surface area contributed by atoms with Crippen molar-refractivity contribution < 1.29 is 98.4 Å². The average Bonchev–Trinajstić information content (AvgIpc) is 2.92. The molecule has 1 N–H and O–H groups in total. The second-order valence-corrected chi connectivity index (χ2v) is 15.3. The van der Waals surface area contributed by atoms with E-state index >= 15 is 0 Å². The first-order chi connectivity index (χ1) is 21.8. The third-order valence-electron chi connectivity index (χ3n) is 6.93. The van der Waals surface area contributed by atoms with E-state index in [1.54, 1.807) is 0 Å². The Labute approximate surface area is 270 Å². The molecule has 0 spiro atoms. The Balaban J connectivity index is 6.18. The van der Waals surface area contributed by atoms with Gasteiger partial charge in [-0.25, -0.2) is 0 Å². The van der Waals surface area contributed by atoms with Crippen LogP contribution in [0.3, 0.4) is 0 Å². The summed E-state index contributed by atoms with van der Waals surface area (Å²) in [5, 5.41) is 10.0. The summed E-state index contributed by atoms with van der Waals surface area (Å²) in [5.41, 5.74) is -1.56. The summed E-state index contributed by atoms with van der Waals surface area (Å²) in [4.78, 5) is 0. The predicted octanol–water partition coefficient (Wildman–Crippen LogP) is 9.60. The molecular weight excluding hydrogens is 743 g/mol. The van der Waals surface area contributed by atoms with Crippen LogP contribution in [0.2, 0.25) is 18.1 Å². The molecule has 5 nitrogen and oxygen atoms in total. The SMILES string of the molecule is C#CC(C)(O)CCO[Si](CCCC)(CCCC)CCCOCC(F)(OC(F)(F)C(F)(OC(F)(F)C(F)(F)C(F)(F)F)C(F)(F)F)C(F)(F)F. The van der Waals surface area contributed by atoms with E-state index < -0.39 is 75.5 Å². The van der Waals surface area contributed by atoms with E-state index in [1.165, 1.54) is 11.7 Å². The number of halogens is 17. The number of hydrogen-bond acceptors (Lipinski definition) is 5. The molecule has 0 bridgehead atoms. The van der Waals surface area contributed by atoms with Gasteiger partial charge in [0.15, 0.2) is 8.32 Å². The summed E-state index contributed by atoms with van der Waals surface area (Å²) >= 11 is 0. The zero-order chi connectivity index (χ0) is 39.0. The van der Waals surface area contributed by atoms with Crippen LogP contribution < -0.4 is 0 Å². The zero-order valence-electron chi connectivity index (χ0n) is 26.1. The van der Waals surface area contributed by atoms with Gasteiger partial charge in [0.1, 0.15) is 12.2 Å².